The van der Waals surface area contributed by atoms with Gasteiger partial charge in [0.05, 0.1) is 18.8 Å². The second kappa shape index (κ2) is 6.87. The highest BCUT2D eigenvalue weighted by molar-refractivity contribution is 6.09. The molecule has 0 saturated heterocycles. The molecular formula is C21H22N4O2. The molecule has 138 valence electrons. The van der Waals surface area contributed by atoms with Gasteiger partial charge in [0.15, 0.2) is 0 Å². The van der Waals surface area contributed by atoms with Crippen LogP contribution in [0.15, 0.2) is 48.8 Å². The largest absolute Gasteiger partial charge is 0.494 e. The summed E-state index contributed by atoms with van der Waals surface area (Å²) < 4.78 is 7.34. The summed E-state index contributed by atoms with van der Waals surface area (Å²) >= 11 is 0. The summed E-state index contributed by atoms with van der Waals surface area (Å²) in [6.07, 6.45) is 3.54. The van der Waals surface area contributed by atoms with E-state index in [2.05, 4.69) is 17.0 Å². The Morgan fingerprint density at radius 2 is 2.00 bits per heavy atom. The van der Waals surface area contributed by atoms with Crippen molar-refractivity contribution in [3.8, 4) is 16.9 Å². The average Bonchev–Trinajstić information content (AvgIpc) is 3.12. The van der Waals surface area contributed by atoms with Crippen molar-refractivity contribution in [1.82, 2.24) is 14.8 Å². The predicted octanol–water partition coefficient (Wildman–Crippen LogP) is 3.87. The van der Waals surface area contributed by atoms with Gasteiger partial charge in [-0.05, 0) is 62.7 Å². The van der Waals surface area contributed by atoms with E-state index in [0.29, 0.717) is 18.8 Å². The summed E-state index contributed by atoms with van der Waals surface area (Å²) in [5.74, 6) is 0.760. The third-order valence-electron chi connectivity index (χ3n) is 4.77. The number of aromatic nitrogens is 3. The fourth-order valence-corrected chi connectivity index (χ4v) is 3.50. The van der Waals surface area contributed by atoms with Crippen LogP contribution in [0.3, 0.4) is 0 Å². The zero-order valence-corrected chi connectivity index (χ0v) is 15.7. The van der Waals surface area contributed by atoms with Gasteiger partial charge in [-0.2, -0.15) is 5.10 Å². The molecule has 0 spiro atoms. The van der Waals surface area contributed by atoms with E-state index in [1.807, 2.05) is 59.8 Å². The number of hydrogen-bond acceptors (Lipinski definition) is 4. The number of pyridine rings is 1. The zero-order chi connectivity index (χ0) is 19.0. The lowest BCUT2D eigenvalue weighted by Gasteiger charge is -2.32. The highest BCUT2D eigenvalue weighted by atomic mass is 16.5. The Balaban J connectivity index is 1.73. The molecule has 6 heteroatoms. The molecule has 3 heterocycles. The number of carbonyl (C=O) groups excluding carboxylic acids is 1. The third kappa shape index (κ3) is 3.07. The SMILES string of the molecule is CCOc1ccc(N2CC(C)n3ncc(-c4ccnc(C)c4)c3C2=O)cc1. The first-order valence-corrected chi connectivity index (χ1v) is 9.13. The normalized spacial score (nSPS) is 16.3. The van der Waals surface area contributed by atoms with E-state index < -0.39 is 0 Å². The number of benzene rings is 1. The zero-order valence-electron chi connectivity index (χ0n) is 15.7. The Hall–Kier alpha value is -3.15. The standard InChI is InChI=1S/C21H22N4O2/c1-4-27-18-7-5-17(6-8-18)24-13-15(3)25-20(21(24)26)19(12-23-25)16-9-10-22-14(2)11-16/h5-12,15H,4,13H2,1-3H3. The Labute approximate surface area is 158 Å². The second-order valence-corrected chi connectivity index (χ2v) is 6.73. The van der Waals surface area contributed by atoms with Crippen LogP contribution in [-0.2, 0) is 0 Å². The Kier molecular flexibility index (Phi) is 4.39. The van der Waals surface area contributed by atoms with Crippen LogP contribution in [-0.4, -0.2) is 33.8 Å². The minimum atomic E-state index is -0.0424. The number of carbonyl (C=O) groups is 1. The smallest absolute Gasteiger partial charge is 0.277 e. The van der Waals surface area contributed by atoms with Crippen molar-refractivity contribution < 1.29 is 9.53 Å². The average molecular weight is 362 g/mol. The molecule has 4 rings (SSSR count). The van der Waals surface area contributed by atoms with Gasteiger partial charge >= 0.3 is 0 Å². The Morgan fingerprint density at radius 1 is 1.22 bits per heavy atom. The van der Waals surface area contributed by atoms with Crippen molar-refractivity contribution in [2.24, 2.45) is 0 Å². The van der Waals surface area contributed by atoms with Gasteiger partial charge in [0.25, 0.3) is 5.91 Å². The lowest BCUT2D eigenvalue weighted by Crippen LogP contribution is -2.42. The molecule has 1 aliphatic heterocycles. The molecule has 1 aromatic carbocycles. The van der Waals surface area contributed by atoms with Gasteiger partial charge in [-0.1, -0.05) is 0 Å². The number of hydrogen-bond donors (Lipinski definition) is 0. The lowest BCUT2D eigenvalue weighted by molar-refractivity contribution is 0.0954. The monoisotopic (exact) mass is 362 g/mol. The quantitative estimate of drug-likeness (QED) is 0.707. The van der Waals surface area contributed by atoms with Gasteiger partial charge in [-0.15, -0.1) is 0 Å². The van der Waals surface area contributed by atoms with Crippen molar-refractivity contribution in [2.45, 2.75) is 26.8 Å². The second-order valence-electron chi connectivity index (χ2n) is 6.73. The van der Waals surface area contributed by atoms with Crippen molar-refractivity contribution in [3.63, 3.8) is 0 Å². The van der Waals surface area contributed by atoms with E-state index in [9.17, 15) is 4.79 Å². The van der Waals surface area contributed by atoms with Crippen molar-refractivity contribution in [1.29, 1.82) is 0 Å². The number of anilines is 1. The van der Waals surface area contributed by atoms with Crippen LogP contribution in [0.5, 0.6) is 5.75 Å². The number of nitrogens with zero attached hydrogens (tertiary/aromatic N) is 4. The van der Waals surface area contributed by atoms with Crippen LogP contribution in [0, 0.1) is 6.92 Å². The van der Waals surface area contributed by atoms with Crippen LogP contribution in [0.25, 0.3) is 11.1 Å². The third-order valence-corrected chi connectivity index (χ3v) is 4.77. The first kappa shape index (κ1) is 17.3. The molecule has 0 saturated carbocycles. The number of rotatable bonds is 4. The molecule has 6 nitrogen and oxygen atoms in total. The molecule has 1 aliphatic rings. The van der Waals surface area contributed by atoms with E-state index in [1.165, 1.54) is 0 Å². The highest BCUT2D eigenvalue weighted by Gasteiger charge is 2.33. The summed E-state index contributed by atoms with van der Waals surface area (Å²) in [4.78, 5) is 19.4. The fourth-order valence-electron chi connectivity index (χ4n) is 3.50. The van der Waals surface area contributed by atoms with Gasteiger partial charge < -0.3 is 9.64 Å². The summed E-state index contributed by atoms with van der Waals surface area (Å²) in [6.45, 7) is 7.17. The molecule has 0 radical (unpaired) electrons. The maximum atomic E-state index is 13.3. The van der Waals surface area contributed by atoms with Gasteiger partial charge in [-0.3, -0.25) is 14.5 Å². The number of ether oxygens (including phenoxy) is 1. The summed E-state index contributed by atoms with van der Waals surface area (Å²) in [5.41, 5.74) is 4.19. The molecule has 3 aromatic rings. The maximum Gasteiger partial charge on any atom is 0.277 e. The minimum Gasteiger partial charge on any atom is -0.494 e. The molecule has 0 aliphatic carbocycles. The molecular weight excluding hydrogens is 340 g/mol. The van der Waals surface area contributed by atoms with Crippen LogP contribution >= 0.6 is 0 Å². The van der Waals surface area contributed by atoms with Crippen LogP contribution < -0.4 is 9.64 Å². The summed E-state index contributed by atoms with van der Waals surface area (Å²) in [7, 11) is 0. The first-order chi connectivity index (χ1) is 13.1. The predicted molar refractivity (Wildman–Crippen MR) is 104 cm³/mol. The van der Waals surface area contributed by atoms with Crippen molar-refractivity contribution in [2.75, 3.05) is 18.1 Å². The van der Waals surface area contributed by atoms with Crippen LogP contribution in [0.1, 0.15) is 36.1 Å². The lowest BCUT2D eigenvalue weighted by atomic mass is 10.0. The van der Waals surface area contributed by atoms with Gasteiger partial charge in [0.1, 0.15) is 11.4 Å². The molecule has 27 heavy (non-hydrogen) atoms. The van der Waals surface area contributed by atoms with Crippen molar-refractivity contribution in [3.05, 3.63) is 60.2 Å². The molecule has 2 aromatic heterocycles. The molecule has 0 bridgehead atoms. The highest BCUT2D eigenvalue weighted by Crippen LogP contribution is 2.33. The van der Waals surface area contributed by atoms with Crippen LogP contribution in [0.4, 0.5) is 5.69 Å². The Bertz CT molecular complexity index is 978. The van der Waals surface area contributed by atoms with E-state index in [4.69, 9.17) is 4.74 Å². The summed E-state index contributed by atoms with van der Waals surface area (Å²) in [5, 5.41) is 4.49. The summed E-state index contributed by atoms with van der Waals surface area (Å²) in [6, 6.07) is 11.6. The first-order valence-electron chi connectivity index (χ1n) is 9.13. The number of aryl methyl sites for hydroxylation is 1. The Morgan fingerprint density at radius 3 is 2.70 bits per heavy atom. The van der Waals surface area contributed by atoms with E-state index >= 15 is 0 Å². The fraction of sp³-hybridized carbons (Fsp3) is 0.286. The van der Waals surface area contributed by atoms with Gasteiger partial charge in [0, 0.05) is 29.7 Å². The minimum absolute atomic E-state index is 0.0424. The maximum absolute atomic E-state index is 13.3. The van der Waals surface area contributed by atoms with Gasteiger partial charge in [0.2, 0.25) is 0 Å². The van der Waals surface area contributed by atoms with Crippen molar-refractivity contribution >= 4 is 11.6 Å². The van der Waals surface area contributed by atoms with E-state index in [-0.39, 0.29) is 11.9 Å². The molecule has 1 amide bonds. The number of amides is 1. The van der Waals surface area contributed by atoms with E-state index in [1.54, 1.807) is 12.4 Å². The molecule has 0 N–H and O–H groups in total. The molecule has 1 atom stereocenters. The van der Waals surface area contributed by atoms with Gasteiger partial charge in [-0.25, -0.2) is 0 Å². The number of fused-ring (bicyclic) bond motifs is 1. The van der Waals surface area contributed by atoms with E-state index in [0.717, 1.165) is 28.3 Å². The molecule has 1 unspecified atom stereocenters. The van der Waals surface area contributed by atoms with Crippen LogP contribution in [0.2, 0.25) is 0 Å². The molecule has 0 fully saturated rings. The topological polar surface area (TPSA) is 60.2 Å².